The van der Waals surface area contributed by atoms with E-state index in [9.17, 15) is 9.59 Å². The topological polar surface area (TPSA) is 77.1 Å². The zero-order valence-corrected chi connectivity index (χ0v) is 20.8. The lowest BCUT2D eigenvalue weighted by molar-refractivity contribution is -0.129. The van der Waals surface area contributed by atoms with Crippen LogP contribution in [0.2, 0.25) is 0 Å². The van der Waals surface area contributed by atoms with E-state index in [1.54, 1.807) is 0 Å². The Morgan fingerprint density at radius 2 is 1.79 bits per heavy atom. The number of benzene rings is 1. The van der Waals surface area contributed by atoms with Gasteiger partial charge in [0.05, 0.1) is 16.7 Å². The molecular weight excluding hydrogens is 431 g/mol. The molecule has 184 valence electrons. The molecule has 2 amide bonds. The van der Waals surface area contributed by atoms with Gasteiger partial charge >= 0.3 is 13.2 Å². The first kappa shape index (κ1) is 24.8. The number of alkyl carbamates (subject to hydrolysis) is 1. The van der Waals surface area contributed by atoms with E-state index >= 15 is 0 Å². The van der Waals surface area contributed by atoms with Crippen LogP contribution in [0.15, 0.2) is 43.0 Å². The van der Waals surface area contributed by atoms with Crippen LogP contribution in [-0.2, 0) is 25.3 Å². The molecule has 0 unspecified atom stereocenters. The monoisotopic (exact) mass is 468 g/mol. The predicted octanol–water partition coefficient (Wildman–Crippen LogP) is 4.06. The third-order valence-corrected chi connectivity index (χ3v) is 8.13. The predicted molar refractivity (Wildman–Crippen MR) is 131 cm³/mol. The summed E-state index contributed by atoms with van der Waals surface area (Å²) in [6.07, 6.45) is 5.85. The van der Waals surface area contributed by atoms with Crippen molar-refractivity contribution in [3.63, 3.8) is 0 Å². The first-order chi connectivity index (χ1) is 16.1. The number of rotatable bonds is 8. The highest BCUT2D eigenvalue weighted by Crippen LogP contribution is 2.46. The first-order valence-corrected chi connectivity index (χ1v) is 12.4. The maximum Gasteiger partial charge on any atom is 0.501 e. The molecule has 0 aromatic heterocycles. The summed E-state index contributed by atoms with van der Waals surface area (Å²) >= 11 is 0. The molecule has 1 N–H and O–H groups in total. The fraction of sp³-hybridized carbons (Fsp3) is 0.615. The highest BCUT2D eigenvalue weighted by Gasteiger charge is 2.56. The van der Waals surface area contributed by atoms with Crippen molar-refractivity contribution in [2.75, 3.05) is 6.54 Å². The zero-order valence-electron chi connectivity index (χ0n) is 20.8. The largest absolute Gasteiger partial charge is 0.501 e. The van der Waals surface area contributed by atoms with Gasteiger partial charge in [-0.05, 0) is 77.9 Å². The third-order valence-electron chi connectivity index (χ3n) is 8.13. The van der Waals surface area contributed by atoms with Gasteiger partial charge in [0.15, 0.2) is 0 Å². The van der Waals surface area contributed by atoms with Gasteiger partial charge in [-0.25, -0.2) is 4.79 Å². The third kappa shape index (κ3) is 4.75. The summed E-state index contributed by atoms with van der Waals surface area (Å²) < 4.78 is 18.3. The van der Waals surface area contributed by atoms with E-state index < -0.39 is 30.4 Å². The highest BCUT2D eigenvalue weighted by atomic mass is 16.7. The molecule has 3 aliphatic heterocycles. The first-order valence-electron chi connectivity index (χ1n) is 12.4. The van der Waals surface area contributed by atoms with Crippen LogP contribution >= 0.6 is 0 Å². The molecule has 3 heterocycles. The van der Waals surface area contributed by atoms with Crippen LogP contribution in [0.5, 0.6) is 0 Å². The molecule has 1 aromatic carbocycles. The Kier molecular flexibility index (Phi) is 6.84. The number of ether oxygens (including phenoxy) is 1. The van der Waals surface area contributed by atoms with Gasteiger partial charge in [-0.1, -0.05) is 36.9 Å². The van der Waals surface area contributed by atoms with Crippen LogP contribution in [-0.4, -0.2) is 59.3 Å². The van der Waals surface area contributed by atoms with Gasteiger partial charge in [-0.15, -0.1) is 0 Å². The molecule has 3 fully saturated rings. The molecule has 1 aromatic rings. The number of carbonyl (C=O) groups is 2. The average Bonchev–Trinajstić information content (AvgIpc) is 3.42. The van der Waals surface area contributed by atoms with E-state index in [2.05, 4.69) is 24.0 Å². The van der Waals surface area contributed by atoms with Gasteiger partial charge < -0.3 is 24.3 Å². The number of carbonyl (C=O) groups excluding carboxylic acids is 2. The number of hydrogen-bond acceptors (Lipinski definition) is 5. The van der Waals surface area contributed by atoms with E-state index in [0.29, 0.717) is 13.0 Å². The SMILES string of the molecule is C=CC(=O)N1C2CCC1(CNC(=O)O[C@@H](CCc1ccccc1)B1OC(C)(C)C(C)(C)O1)CC2. The van der Waals surface area contributed by atoms with Gasteiger partial charge in [0.1, 0.15) is 6.00 Å². The van der Waals surface area contributed by atoms with Gasteiger partial charge in [-0.2, -0.15) is 0 Å². The number of aryl methyl sites for hydroxylation is 1. The van der Waals surface area contributed by atoms with Crippen LogP contribution in [0.4, 0.5) is 4.79 Å². The van der Waals surface area contributed by atoms with Crippen molar-refractivity contribution in [2.45, 2.75) is 95.0 Å². The minimum absolute atomic E-state index is 0.0619. The van der Waals surface area contributed by atoms with E-state index in [4.69, 9.17) is 14.0 Å². The van der Waals surface area contributed by atoms with Crippen LogP contribution in [0.3, 0.4) is 0 Å². The maximum atomic E-state index is 13.0. The summed E-state index contributed by atoms with van der Waals surface area (Å²) in [6.45, 7) is 12.0. The van der Waals surface area contributed by atoms with Crippen molar-refractivity contribution in [1.29, 1.82) is 0 Å². The second-order valence-corrected chi connectivity index (χ2v) is 10.8. The van der Waals surface area contributed by atoms with Crippen molar-refractivity contribution in [3.8, 4) is 0 Å². The Morgan fingerprint density at radius 3 is 2.38 bits per heavy atom. The molecule has 0 saturated carbocycles. The van der Waals surface area contributed by atoms with E-state index in [0.717, 1.165) is 37.7 Å². The zero-order chi connectivity index (χ0) is 24.6. The maximum absolute atomic E-state index is 13.0. The standard InChI is InChI=1S/C26H37BN2O5/c1-6-22(30)29-20-14-16-26(29,17-15-20)18-28-23(31)32-21(13-12-19-10-8-7-9-11-19)27-33-24(2,3)25(4,5)34-27/h6-11,20-21H,1,12-18H2,2-5H3,(H,28,31)/t20?,21-,26?/m0/s1. The van der Waals surface area contributed by atoms with Crippen LogP contribution < -0.4 is 5.32 Å². The van der Waals surface area contributed by atoms with Crippen molar-refractivity contribution < 1.29 is 23.6 Å². The van der Waals surface area contributed by atoms with Crippen molar-refractivity contribution >= 4 is 19.1 Å². The smallest absolute Gasteiger partial charge is 0.449 e. The lowest BCUT2D eigenvalue weighted by Crippen LogP contribution is -2.52. The summed E-state index contributed by atoms with van der Waals surface area (Å²) in [7, 11) is -0.654. The molecule has 34 heavy (non-hydrogen) atoms. The molecule has 8 heteroatoms. The van der Waals surface area contributed by atoms with E-state index in [-0.39, 0.29) is 17.5 Å². The highest BCUT2D eigenvalue weighted by molar-refractivity contribution is 6.47. The van der Waals surface area contributed by atoms with Gasteiger partial charge in [0.2, 0.25) is 5.91 Å². The molecule has 0 aliphatic carbocycles. The number of fused-ring (bicyclic) bond motifs is 2. The van der Waals surface area contributed by atoms with Crippen LogP contribution in [0.1, 0.15) is 65.4 Å². The van der Waals surface area contributed by atoms with Gasteiger partial charge in [-0.3, -0.25) is 4.79 Å². The summed E-state index contributed by atoms with van der Waals surface area (Å²) in [6, 6.07) is 9.77. The second kappa shape index (κ2) is 9.38. The molecule has 2 bridgehead atoms. The number of amides is 2. The summed E-state index contributed by atoms with van der Waals surface area (Å²) in [5, 5.41) is 2.95. The lowest BCUT2D eigenvalue weighted by Gasteiger charge is -2.34. The van der Waals surface area contributed by atoms with Gasteiger partial charge in [0.25, 0.3) is 0 Å². The summed E-state index contributed by atoms with van der Waals surface area (Å²) in [5.74, 6) is -0.0619. The summed E-state index contributed by atoms with van der Waals surface area (Å²) in [5.41, 5.74) is -0.224. The summed E-state index contributed by atoms with van der Waals surface area (Å²) in [4.78, 5) is 27.3. The fourth-order valence-corrected chi connectivity index (χ4v) is 5.46. The molecule has 3 saturated heterocycles. The Morgan fingerprint density at radius 1 is 1.18 bits per heavy atom. The van der Waals surface area contributed by atoms with Gasteiger partial charge in [0, 0.05) is 12.6 Å². The minimum atomic E-state index is -0.654. The van der Waals surface area contributed by atoms with Crippen molar-refractivity contribution in [2.24, 2.45) is 0 Å². The Balaban J connectivity index is 1.42. The normalized spacial score (nSPS) is 27.5. The number of nitrogens with one attached hydrogen (secondary N) is 1. The molecule has 1 atom stereocenters. The Bertz CT molecular complexity index is 895. The molecule has 0 radical (unpaired) electrons. The molecule has 3 aliphatic rings. The molecule has 0 spiro atoms. The second-order valence-electron chi connectivity index (χ2n) is 10.8. The molecule has 4 rings (SSSR count). The van der Waals surface area contributed by atoms with Crippen molar-refractivity contribution in [3.05, 3.63) is 48.6 Å². The Labute approximate surface area is 203 Å². The average molecular weight is 468 g/mol. The quantitative estimate of drug-likeness (QED) is 0.460. The van der Waals surface area contributed by atoms with E-state index in [1.807, 2.05) is 50.8 Å². The van der Waals surface area contributed by atoms with Crippen molar-refractivity contribution in [1.82, 2.24) is 10.2 Å². The fourth-order valence-electron chi connectivity index (χ4n) is 5.46. The molecular formula is C26H37BN2O5. The minimum Gasteiger partial charge on any atom is -0.449 e. The van der Waals surface area contributed by atoms with Crippen LogP contribution in [0.25, 0.3) is 0 Å². The van der Waals surface area contributed by atoms with Crippen LogP contribution in [0, 0.1) is 0 Å². The Hall–Kier alpha value is -2.32. The lowest BCUT2D eigenvalue weighted by atomic mass is 9.77. The number of nitrogens with zero attached hydrogens (tertiary/aromatic N) is 1. The number of hydrogen-bond donors (Lipinski definition) is 1. The van der Waals surface area contributed by atoms with E-state index in [1.165, 1.54) is 6.08 Å². The molecule has 7 nitrogen and oxygen atoms in total.